The molecular weight excluding hydrogens is 304 g/mol. The number of aryl methyl sites for hydroxylation is 1. The summed E-state index contributed by atoms with van der Waals surface area (Å²) in [5.74, 6) is 1.24. The van der Waals surface area contributed by atoms with Gasteiger partial charge in [-0.1, -0.05) is 29.8 Å². The molecule has 0 aliphatic heterocycles. The van der Waals surface area contributed by atoms with Crippen molar-refractivity contribution in [3.63, 3.8) is 0 Å². The van der Waals surface area contributed by atoms with Crippen LogP contribution in [0.5, 0.6) is 11.5 Å². The van der Waals surface area contributed by atoms with Gasteiger partial charge in [-0.2, -0.15) is 0 Å². The maximum atomic E-state index is 12.4. The minimum atomic E-state index is -0.252. The van der Waals surface area contributed by atoms with Crippen molar-refractivity contribution in [2.45, 2.75) is 25.3 Å². The Bertz CT molecular complexity index is 737. The lowest BCUT2D eigenvalue weighted by molar-refractivity contribution is 0.247. The normalized spacial score (nSPS) is 14.6. The number of amides is 2. The predicted octanol–water partition coefficient (Wildman–Crippen LogP) is 3.82. The Morgan fingerprint density at radius 3 is 2.33 bits per heavy atom. The van der Waals surface area contributed by atoms with Crippen molar-refractivity contribution in [1.29, 1.82) is 0 Å². The van der Waals surface area contributed by atoms with E-state index in [4.69, 9.17) is 9.47 Å². The van der Waals surface area contributed by atoms with Crippen LogP contribution in [0.1, 0.15) is 24.0 Å². The van der Waals surface area contributed by atoms with E-state index in [1.54, 1.807) is 32.4 Å². The van der Waals surface area contributed by atoms with Crippen LogP contribution in [0.25, 0.3) is 0 Å². The molecule has 2 amide bonds. The first-order valence-corrected chi connectivity index (χ1v) is 7.95. The molecule has 1 aliphatic rings. The van der Waals surface area contributed by atoms with Crippen molar-refractivity contribution in [2.75, 3.05) is 19.5 Å². The first kappa shape index (κ1) is 16.2. The summed E-state index contributed by atoms with van der Waals surface area (Å²) in [5.41, 5.74) is 2.71. The van der Waals surface area contributed by atoms with E-state index in [1.165, 1.54) is 5.56 Å². The van der Waals surface area contributed by atoms with Gasteiger partial charge in [-0.05, 0) is 37.5 Å². The van der Waals surface area contributed by atoms with E-state index < -0.39 is 0 Å². The average molecular weight is 326 g/mol. The molecule has 5 heteroatoms. The Hall–Kier alpha value is -2.69. The summed E-state index contributed by atoms with van der Waals surface area (Å²) in [5, 5.41) is 5.95. The third kappa shape index (κ3) is 3.30. The molecular formula is C19H22N2O3. The van der Waals surface area contributed by atoms with Crippen molar-refractivity contribution >= 4 is 11.7 Å². The number of anilines is 1. The highest BCUT2D eigenvalue weighted by molar-refractivity contribution is 5.92. The van der Waals surface area contributed by atoms with E-state index >= 15 is 0 Å². The quantitative estimate of drug-likeness (QED) is 0.878. The molecule has 2 N–H and O–H groups in total. The Morgan fingerprint density at radius 2 is 1.75 bits per heavy atom. The van der Waals surface area contributed by atoms with E-state index in [0.29, 0.717) is 17.2 Å². The molecule has 0 radical (unpaired) electrons. The first-order valence-electron chi connectivity index (χ1n) is 7.95. The Kier molecular flexibility index (Phi) is 4.34. The topological polar surface area (TPSA) is 59.6 Å². The SMILES string of the molecule is COc1ccc(NC(=O)NC2(c3ccc(C)cc3)CC2)c(OC)c1. The van der Waals surface area contributed by atoms with Crippen molar-refractivity contribution in [1.82, 2.24) is 5.32 Å². The maximum absolute atomic E-state index is 12.4. The number of rotatable bonds is 5. The second-order valence-corrected chi connectivity index (χ2v) is 6.09. The summed E-state index contributed by atoms with van der Waals surface area (Å²) in [6.45, 7) is 2.06. The maximum Gasteiger partial charge on any atom is 0.320 e. The third-order valence-electron chi connectivity index (χ3n) is 4.36. The molecule has 0 atom stereocenters. The van der Waals surface area contributed by atoms with Crippen molar-refractivity contribution < 1.29 is 14.3 Å². The lowest BCUT2D eigenvalue weighted by Crippen LogP contribution is -2.38. The zero-order valence-electron chi connectivity index (χ0n) is 14.2. The van der Waals surface area contributed by atoms with E-state index in [9.17, 15) is 4.79 Å². The van der Waals surface area contributed by atoms with E-state index in [1.807, 2.05) is 0 Å². The number of carbonyl (C=O) groups is 1. The van der Waals surface area contributed by atoms with Crippen LogP contribution in [0.15, 0.2) is 42.5 Å². The summed E-state index contributed by atoms with van der Waals surface area (Å²) in [6.07, 6.45) is 1.90. The van der Waals surface area contributed by atoms with Crippen molar-refractivity contribution in [2.24, 2.45) is 0 Å². The molecule has 0 saturated heterocycles. The van der Waals surface area contributed by atoms with Gasteiger partial charge >= 0.3 is 6.03 Å². The lowest BCUT2D eigenvalue weighted by Gasteiger charge is -2.19. The molecule has 24 heavy (non-hydrogen) atoms. The Balaban J connectivity index is 1.71. The number of hydrogen-bond donors (Lipinski definition) is 2. The minimum Gasteiger partial charge on any atom is -0.497 e. The van der Waals surface area contributed by atoms with E-state index in [0.717, 1.165) is 18.4 Å². The van der Waals surface area contributed by atoms with Crippen LogP contribution in [0, 0.1) is 6.92 Å². The van der Waals surface area contributed by atoms with Crippen LogP contribution in [-0.2, 0) is 5.54 Å². The number of nitrogens with one attached hydrogen (secondary N) is 2. The highest BCUT2D eigenvalue weighted by Gasteiger charge is 2.45. The molecule has 0 spiro atoms. The Labute approximate surface area is 142 Å². The van der Waals surface area contributed by atoms with Gasteiger partial charge in [-0.25, -0.2) is 4.79 Å². The number of methoxy groups -OCH3 is 2. The molecule has 1 saturated carbocycles. The van der Waals surface area contributed by atoms with Gasteiger partial charge in [0.25, 0.3) is 0 Å². The highest BCUT2D eigenvalue weighted by atomic mass is 16.5. The monoisotopic (exact) mass is 326 g/mol. The second-order valence-electron chi connectivity index (χ2n) is 6.09. The molecule has 126 valence electrons. The van der Waals surface area contributed by atoms with Gasteiger partial charge < -0.3 is 20.1 Å². The van der Waals surface area contributed by atoms with Gasteiger partial charge in [-0.3, -0.25) is 0 Å². The minimum absolute atomic E-state index is 0.239. The van der Waals surface area contributed by atoms with E-state index in [2.05, 4.69) is 41.8 Å². The summed E-state index contributed by atoms with van der Waals surface area (Å²) < 4.78 is 10.5. The molecule has 0 heterocycles. The summed E-state index contributed by atoms with van der Waals surface area (Å²) >= 11 is 0. The van der Waals surface area contributed by atoms with Crippen LogP contribution in [-0.4, -0.2) is 20.3 Å². The summed E-state index contributed by atoms with van der Waals surface area (Å²) in [7, 11) is 3.15. The van der Waals surface area contributed by atoms with Gasteiger partial charge in [0.1, 0.15) is 11.5 Å². The number of carbonyl (C=O) groups excluding carboxylic acids is 1. The van der Waals surface area contributed by atoms with Crippen LogP contribution >= 0.6 is 0 Å². The zero-order valence-corrected chi connectivity index (χ0v) is 14.2. The molecule has 5 nitrogen and oxygen atoms in total. The molecule has 0 unspecified atom stereocenters. The summed E-state index contributed by atoms with van der Waals surface area (Å²) in [4.78, 5) is 12.4. The first-order chi connectivity index (χ1) is 11.6. The molecule has 1 fully saturated rings. The number of benzene rings is 2. The fraction of sp³-hybridized carbons (Fsp3) is 0.316. The van der Waals surface area contributed by atoms with Gasteiger partial charge in [0.15, 0.2) is 0 Å². The molecule has 0 bridgehead atoms. The Morgan fingerprint density at radius 1 is 1.04 bits per heavy atom. The number of urea groups is 1. The van der Waals surface area contributed by atoms with Crippen molar-refractivity contribution in [3.8, 4) is 11.5 Å². The van der Waals surface area contributed by atoms with Crippen LogP contribution in [0.3, 0.4) is 0 Å². The largest absolute Gasteiger partial charge is 0.497 e. The smallest absolute Gasteiger partial charge is 0.320 e. The average Bonchev–Trinajstić information content (AvgIpc) is 3.36. The standard InChI is InChI=1S/C19H22N2O3/c1-13-4-6-14(7-5-13)19(10-11-19)21-18(22)20-16-9-8-15(23-2)12-17(16)24-3/h4-9,12H,10-11H2,1-3H3,(H2,20,21,22). The third-order valence-corrected chi connectivity index (χ3v) is 4.36. The number of ether oxygens (including phenoxy) is 2. The second kappa shape index (κ2) is 6.43. The molecule has 2 aromatic carbocycles. The lowest BCUT2D eigenvalue weighted by atomic mass is 10.0. The fourth-order valence-corrected chi connectivity index (χ4v) is 2.76. The molecule has 2 aromatic rings. The van der Waals surface area contributed by atoms with E-state index in [-0.39, 0.29) is 11.6 Å². The zero-order chi connectivity index (χ0) is 17.2. The summed E-state index contributed by atoms with van der Waals surface area (Å²) in [6, 6.07) is 13.4. The fourth-order valence-electron chi connectivity index (χ4n) is 2.76. The van der Waals surface area contributed by atoms with Gasteiger partial charge in [0.2, 0.25) is 0 Å². The molecule has 3 rings (SSSR count). The highest BCUT2D eigenvalue weighted by Crippen LogP contribution is 2.45. The van der Waals surface area contributed by atoms with Gasteiger partial charge in [-0.15, -0.1) is 0 Å². The number of hydrogen-bond acceptors (Lipinski definition) is 3. The molecule has 1 aliphatic carbocycles. The van der Waals surface area contributed by atoms with Crippen LogP contribution in [0.4, 0.5) is 10.5 Å². The van der Waals surface area contributed by atoms with Crippen molar-refractivity contribution in [3.05, 3.63) is 53.6 Å². The van der Waals surface area contributed by atoms with Gasteiger partial charge in [0.05, 0.1) is 25.4 Å². The van der Waals surface area contributed by atoms with Crippen LogP contribution < -0.4 is 20.1 Å². The van der Waals surface area contributed by atoms with Crippen LogP contribution in [0.2, 0.25) is 0 Å². The van der Waals surface area contributed by atoms with Gasteiger partial charge in [0, 0.05) is 6.07 Å². The molecule has 0 aromatic heterocycles. The predicted molar refractivity (Wildman–Crippen MR) is 93.8 cm³/mol.